The summed E-state index contributed by atoms with van der Waals surface area (Å²) in [7, 11) is 1.64. The predicted octanol–water partition coefficient (Wildman–Crippen LogP) is 2.29. The molecule has 0 saturated heterocycles. The molecule has 1 heterocycles. The van der Waals surface area contributed by atoms with Crippen molar-refractivity contribution in [2.75, 3.05) is 19.0 Å². The van der Waals surface area contributed by atoms with Gasteiger partial charge in [0, 0.05) is 13.0 Å². The van der Waals surface area contributed by atoms with Crippen molar-refractivity contribution in [3.63, 3.8) is 0 Å². The van der Waals surface area contributed by atoms with E-state index in [1.807, 2.05) is 0 Å². The quantitative estimate of drug-likeness (QED) is 0.841. The van der Waals surface area contributed by atoms with Crippen LogP contribution in [0.25, 0.3) is 0 Å². The zero-order valence-electron chi connectivity index (χ0n) is 11.9. The normalized spacial score (nSPS) is 12.5. The third-order valence-electron chi connectivity index (χ3n) is 3.24. The number of amides is 2. The van der Waals surface area contributed by atoms with Crippen LogP contribution in [0.1, 0.15) is 44.5 Å². The van der Waals surface area contributed by atoms with Crippen LogP contribution in [0, 0.1) is 0 Å². The van der Waals surface area contributed by atoms with Gasteiger partial charge >= 0.3 is 6.03 Å². The topological polar surface area (TPSA) is 78.4 Å². The fourth-order valence-corrected chi connectivity index (χ4v) is 2.59. The molecule has 0 aliphatic rings. The van der Waals surface area contributed by atoms with Crippen molar-refractivity contribution in [2.45, 2.75) is 45.6 Å². The lowest BCUT2D eigenvalue weighted by Crippen LogP contribution is -2.40. The second-order valence-corrected chi connectivity index (χ2v) is 5.54. The molecule has 2 N–H and O–H groups in total. The van der Waals surface area contributed by atoms with Crippen molar-refractivity contribution in [3.8, 4) is 0 Å². The van der Waals surface area contributed by atoms with Gasteiger partial charge in [0.15, 0.2) is 0 Å². The van der Waals surface area contributed by atoms with Gasteiger partial charge in [-0.25, -0.2) is 4.79 Å². The van der Waals surface area contributed by atoms with Crippen molar-refractivity contribution < 1.29 is 9.90 Å². The lowest BCUT2D eigenvalue weighted by Gasteiger charge is -2.22. The minimum absolute atomic E-state index is 0.0704. The molecule has 0 aromatic carbocycles. The average Bonchev–Trinajstić information content (AvgIpc) is 2.86. The molecule has 1 aromatic rings. The highest BCUT2D eigenvalue weighted by Gasteiger charge is 2.18. The van der Waals surface area contributed by atoms with E-state index in [0.717, 1.165) is 17.8 Å². The van der Waals surface area contributed by atoms with Gasteiger partial charge in [-0.2, -0.15) is 0 Å². The first-order valence-electron chi connectivity index (χ1n) is 6.51. The second-order valence-electron chi connectivity index (χ2n) is 4.53. The summed E-state index contributed by atoms with van der Waals surface area (Å²) in [6.45, 7) is 5.93. The summed E-state index contributed by atoms with van der Waals surface area (Å²) >= 11 is 1.41. The smallest absolute Gasteiger partial charge is 0.323 e. The average molecular weight is 286 g/mol. The molecule has 0 radical (unpaired) electrons. The summed E-state index contributed by atoms with van der Waals surface area (Å²) in [5.74, 6) is 0.400. The molecule has 1 aromatic heterocycles. The Balaban J connectivity index is 2.65. The molecule has 0 saturated carbocycles. The molecule has 0 spiro atoms. The fourth-order valence-electron chi connectivity index (χ4n) is 1.59. The van der Waals surface area contributed by atoms with Crippen LogP contribution < -0.4 is 5.32 Å². The van der Waals surface area contributed by atoms with Crippen molar-refractivity contribution >= 4 is 22.5 Å². The first kappa shape index (κ1) is 15.8. The summed E-state index contributed by atoms with van der Waals surface area (Å²) in [6, 6.07) is -0.514. The van der Waals surface area contributed by atoms with Crippen molar-refractivity contribution in [1.82, 2.24) is 15.1 Å². The number of aromatic nitrogens is 2. The highest BCUT2D eigenvalue weighted by atomic mass is 32.1. The molecule has 1 rings (SSSR count). The number of carbonyl (C=O) groups is 1. The number of likely N-dealkylation sites (N-methyl/N-ethyl adjacent to an activating group) is 1. The van der Waals surface area contributed by atoms with Crippen LogP contribution in [0.3, 0.4) is 0 Å². The molecule has 2 amide bonds. The van der Waals surface area contributed by atoms with Gasteiger partial charge in [0.25, 0.3) is 0 Å². The van der Waals surface area contributed by atoms with Crippen molar-refractivity contribution in [1.29, 1.82) is 0 Å². The number of nitrogens with zero attached hydrogens (tertiary/aromatic N) is 3. The molecule has 7 heteroatoms. The Hall–Kier alpha value is -1.21. The number of aliphatic hydroxyl groups excluding tert-OH is 1. The fraction of sp³-hybridized carbons (Fsp3) is 0.750. The minimum Gasteiger partial charge on any atom is -0.394 e. The van der Waals surface area contributed by atoms with E-state index in [9.17, 15) is 4.79 Å². The van der Waals surface area contributed by atoms with Gasteiger partial charge in [0.05, 0.1) is 12.6 Å². The number of hydrogen-bond donors (Lipinski definition) is 2. The lowest BCUT2D eigenvalue weighted by atomic mass is 10.1. The largest absolute Gasteiger partial charge is 0.394 e. The summed E-state index contributed by atoms with van der Waals surface area (Å²) in [6.07, 6.45) is 2.03. The van der Waals surface area contributed by atoms with E-state index in [1.165, 1.54) is 16.2 Å². The Morgan fingerprint density at radius 2 is 2.05 bits per heavy atom. The zero-order chi connectivity index (χ0) is 14.4. The van der Waals surface area contributed by atoms with Gasteiger partial charge in [-0.15, -0.1) is 10.2 Å². The van der Waals surface area contributed by atoms with E-state index in [4.69, 9.17) is 5.11 Å². The van der Waals surface area contributed by atoms with E-state index in [2.05, 4.69) is 29.4 Å². The Kier molecular flexibility index (Phi) is 6.17. The van der Waals surface area contributed by atoms with Crippen LogP contribution in [0.15, 0.2) is 0 Å². The van der Waals surface area contributed by atoms with Crippen LogP contribution in [-0.4, -0.2) is 45.9 Å². The number of rotatable bonds is 6. The van der Waals surface area contributed by atoms with E-state index < -0.39 is 0 Å². The monoisotopic (exact) mass is 286 g/mol. The van der Waals surface area contributed by atoms with E-state index in [0.29, 0.717) is 11.0 Å². The first-order valence-corrected chi connectivity index (χ1v) is 7.33. The van der Waals surface area contributed by atoms with E-state index in [-0.39, 0.29) is 18.7 Å². The number of carbonyl (C=O) groups excluding carboxylic acids is 1. The molecular formula is C12H22N4O2S. The van der Waals surface area contributed by atoms with Gasteiger partial charge in [-0.05, 0) is 19.8 Å². The number of nitrogens with one attached hydrogen (secondary N) is 1. The van der Waals surface area contributed by atoms with Gasteiger partial charge in [-0.1, -0.05) is 25.2 Å². The Morgan fingerprint density at radius 3 is 2.58 bits per heavy atom. The number of aliphatic hydroxyl groups is 1. The number of hydrogen-bond acceptors (Lipinski definition) is 5. The van der Waals surface area contributed by atoms with Crippen LogP contribution >= 0.6 is 11.3 Å². The summed E-state index contributed by atoms with van der Waals surface area (Å²) in [5, 5.41) is 21.3. The molecule has 0 bridgehead atoms. The Labute approximate surface area is 117 Å². The van der Waals surface area contributed by atoms with Crippen molar-refractivity contribution in [2.24, 2.45) is 0 Å². The molecule has 0 aliphatic heterocycles. The third kappa shape index (κ3) is 4.14. The maximum atomic E-state index is 11.9. The van der Waals surface area contributed by atoms with Crippen molar-refractivity contribution in [3.05, 3.63) is 5.01 Å². The maximum Gasteiger partial charge on any atom is 0.323 e. The number of anilines is 1. The SMILES string of the molecule is CCC(CC)c1nnc(NC(=O)N(C)C(C)CO)s1. The second kappa shape index (κ2) is 7.40. The predicted molar refractivity (Wildman–Crippen MR) is 76.6 cm³/mol. The number of urea groups is 1. The van der Waals surface area contributed by atoms with Gasteiger partial charge in [-0.3, -0.25) is 5.32 Å². The van der Waals surface area contributed by atoms with E-state index >= 15 is 0 Å². The summed E-state index contributed by atoms with van der Waals surface area (Å²) in [4.78, 5) is 13.3. The highest BCUT2D eigenvalue weighted by molar-refractivity contribution is 7.15. The molecule has 6 nitrogen and oxygen atoms in total. The van der Waals surface area contributed by atoms with Crippen LogP contribution in [0.2, 0.25) is 0 Å². The highest BCUT2D eigenvalue weighted by Crippen LogP contribution is 2.28. The van der Waals surface area contributed by atoms with Gasteiger partial charge < -0.3 is 10.0 Å². The molecule has 0 aliphatic carbocycles. The van der Waals surface area contributed by atoms with E-state index in [1.54, 1.807) is 14.0 Å². The summed E-state index contributed by atoms with van der Waals surface area (Å²) < 4.78 is 0. The Bertz CT molecular complexity index is 406. The zero-order valence-corrected chi connectivity index (χ0v) is 12.7. The molecular weight excluding hydrogens is 264 g/mol. The van der Waals surface area contributed by atoms with Gasteiger partial charge in [0.1, 0.15) is 5.01 Å². The summed E-state index contributed by atoms with van der Waals surface area (Å²) in [5.41, 5.74) is 0. The molecule has 108 valence electrons. The third-order valence-corrected chi connectivity index (χ3v) is 4.24. The molecule has 19 heavy (non-hydrogen) atoms. The van der Waals surface area contributed by atoms with Crippen LogP contribution in [-0.2, 0) is 0 Å². The van der Waals surface area contributed by atoms with Crippen LogP contribution in [0.5, 0.6) is 0 Å². The Morgan fingerprint density at radius 1 is 1.42 bits per heavy atom. The first-order chi connectivity index (χ1) is 9.03. The lowest BCUT2D eigenvalue weighted by molar-refractivity contribution is 0.166. The maximum absolute atomic E-state index is 11.9. The standard InChI is InChI=1S/C12H22N4O2S/c1-5-9(6-2)10-14-15-11(19-10)13-12(18)16(4)8(3)7-17/h8-9,17H,5-7H2,1-4H3,(H,13,15,18). The molecule has 1 atom stereocenters. The van der Waals surface area contributed by atoms with Gasteiger partial charge in [0.2, 0.25) is 5.13 Å². The minimum atomic E-state index is -0.284. The molecule has 0 fully saturated rings. The van der Waals surface area contributed by atoms with Crippen LogP contribution in [0.4, 0.5) is 9.93 Å². The molecule has 1 unspecified atom stereocenters.